The first-order valence-electron chi connectivity index (χ1n) is 9.51. The summed E-state index contributed by atoms with van der Waals surface area (Å²) in [6.45, 7) is 1.29. The van der Waals surface area contributed by atoms with Crippen molar-refractivity contribution in [2.24, 2.45) is 10.9 Å². The minimum absolute atomic E-state index is 0.0778. The summed E-state index contributed by atoms with van der Waals surface area (Å²) in [5.74, 6) is -2.13. The number of guanidine groups is 1. The van der Waals surface area contributed by atoms with Crippen molar-refractivity contribution in [3.63, 3.8) is 0 Å². The van der Waals surface area contributed by atoms with Crippen LogP contribution in [0.3, 0.4) is 0 Å². The van der Waals surface area contributed by atoms with E-state index < -0.39 is 41.9 Å². The van der Waals surface area contributed by atoms with Crippen molar-refractivity contribution < 1.29 is 31.1 Å². The van der Waals surface area contributed by atoms with Gasteiger partial charge in [-0.3, -0.25) is 10.1 Å². The molecule has 3 rings (SSSR count). The molecule has 0 aliphatic carbocycles. The molecule has 1 aliphatic rings. The number of anilines is 1. The highest BCUT2D eigenvalue weighted by atomic mass is 35.5. The van der Waals surface area contributed by atoms with E-state index in [1.807, 2.05) is 0 Å². The Morgan fingerprint density at radius 3 is 2.27 bits per heavy atom. The van der Waals surface area contributed by atoms with Crippen LogP contribution in [-0.4, -0.2) is 30.3 Å². The molecular formula is C20H18ClF6N5O. The van der Waals surface area contributed by atoms with Crippen molar-refractivity contribution in [2.75, 3.05) is 5.32 Å². The molecule has 33 heavy (non-hydrogen) atoms. The molecule has 1 heterocycles. The van der Waals surface area contributed by atoms with Gasteiger partial charge in [0.25, 0.3) is 5.91 Å². The Labute approximate surface area is 189 Å². The normalized spacial score (nSPS) is 21.7. The van der Waals surface area contributed by atoms with Crippen molar-refractivity contribution in [2.45, 2.75) is 31.5 Å². The van der Waals surface area contributed by atoms with Gasteiger partial charge in [0.15, 0.2) is 0 Å². The van der Waals surface area contributed by atoms with Crippen molar-refractivity contribution >= 4 is 29.2 Å². The fraction of sp³-hybridized carbons (Fsp3) is 0.300. The minimum atomic E-state index is -4.62. The lowest BCUT2D eigenvalue weighted by atomic mass is 10.0. The third kappa shape index (κ3) is 6.36. The number of nitrogens with one attached hydrogen (secondary N) is 4. The maximum atomic E-state index is 13.1. The first-order chi connectivity index (χ1) is 15.3. The number of carbonyl (C=O) groups excluding carboxylic acids is 1. The van der Waals surface area contributed by atoms with Crippen molar-refractivity contribution in [3.8, 4) is 0 Å². The quantitative estimate of drug-likeness (QED) is 0.287. The van der Waals surface area contributed by atoms with Gasteiger partial charge in [0.2, 0.25) is 5.96 Å². The molecule has 0 saturated carbocycles. The van der Waals surface area contributed by atoms with Crippen molar-refractivity contribution in [1.29, 1.82) is 0 Å². The zero-order valence-corrected chi connectivity index (χ0v) is 17.6. The third-order valence-electron chi connectivity index (χ3n) is 4.82. The predicted octanol–water partition coefficient (Wildman–Crippen LogP) is 4.56. The molecule has 1 amide bonds. The van der Waals surface area contributed by atoms with Crippen molar-refractivity contribution in [3.05, 3.63) is 64.7 Å². The molecule has 6 nitrogen and oxygen atoms in total. The van der Waals surface area contributed by atoms with E-state index in [4.69, 9.17) is 11.6 Å². The van der Waals surface area contributed by atoms with Gasteiger partial charge in [0, 0.05) is 22.2 Å². The van der Waals surface area contributed by atoms with Crippen LogP contribution < -0.4 is 21.5 Å². The van der Waals surface area contributed by atoms with Gasteiger partial charge in [0.05, 0.1) is 5.56 Å². The van der Waals surface area contributed by atoms with E-state index in [9.17, 15) is 31.1 Å². The van der Waals surface area contributed by atoms with E-state index in [0.717, 1.165) is 18.2 Å². The molecular weight excluding hydrogens is 476 g/mol. The van der Waals surface area contributed by atoms with Gasteiger partial charge in [-0.1, -0.05) is 24.6 Å². The van der Waals surface area contributed by atoms with Crippen LogP contribution in [0.25, 0.3) is 0 Å². The van der Waals surface area contributed by atoms with Gasteiger partial charge in [-0.05, 0) is 42.5 Å². The summed E-state index contributed by atoms with van der Waals surface area (Å²) in [5.41, 5.74) is 3.60. The average molecular weight is 494 g/mol. The summed E-state index contributed by atoms with van der Waals surface area (Å²) in [7, 11) is 0. The van der Waals surface area contributed by atoms with Crippen LogP contribution in [-0.2, 0) is 6.18 Å². The van der Waals surface area contributed by atoms with E-state index in [-0.39, 0.29) is 17.2 Å². The number of halogens is 7. The number of amides is 1. The second kappa shape index (κ2) is 9.57. The standard InChI is InChI=1S/C20H18ClF6N5O/c1-10-15(20(25,26)27)31-32-16(10)29-18(30-17(33)11-5-7-13(21)8-6-11)28-14-4-2-3-12(9-14)19(22,23)24/h2-10,15-16,31-32H,1H3,(H2,28,29,30,33). The van der Waals surface area contributed by atoms with E-state index in [0.29, 0.717) is 5.02 Å². The molecule has 13 heteroatoms. The maximum Gasteiger partial charge on any atom is 0.416 e. The van der Waals surface area contributed by atoms with E-state index in [1.54, 1.807) is 0 Å². The van der Waals surface area contributed by atoms with E-state index >= 15 is 0 Å². The van der Waals surface area contributed by atoms with Gasteiger partial charge < -0.3 is 5.32 Å². The van der Waals surface area contributed by atoms with E-state index in [2.05, 4.69) is 26.5 Å². The van der Waals surface area contributed by atoms with E-state index in [1.165, 1.54) is 37.3 Å². The zero-order chi connectivity index (χ0) is 24.4. The third-order valence-corrected chi connectivity index (χ3v) is 5.07. The number of rotatable bonds is 3. The van der Waals surface area contributed by atoms with Gasteiger partial charge in [-0.2, -0.15) is 26.3 Å². The summed E-state index contributed by atoms with van der Waals surface area (Å²) in [6, 6.07) is 7.86. The molecule has 3 unspecified atom stereocenters. The number of carbonyl (C=O) groups is 1. The van der Waals surface area contributed by atoms with Crippen LogP contribution in [0.5, 0.6) is 0 Å². The molecule has 178 valence electrons. The lowest BCUT2D eigenvalue weighted by Gasteiger charge is -2.20. The SMILES string of the molecule is CC1C(N=C(NC(=O)c2ccc(Cl)cc2)Nc2cccc(C(F)(F)F)c2)NNC1C(F)(F)F. The van der Waals surface area contributed by atoms with Crippen LogP contribution in [0.1, 0.15) is 22.8 Å². The smallest absolute Gasteiger partial charge is 0.326 e. The molecule has 0 spiro atoms. The summed E-state index contributed by atoms with van der Waals surface area (Å²) in [6.07, 6.45) is -10.3. The molecule has 1 fully saturated rings. The first-order valence-corrected chi connectivity index (χ1v) is 9.89. The number of hydrogen-bond acceptors (Lipinski definition) is 4. The lowest BCUT2D eigenvalue weighted by molar-refractivity contribution is -0.160. The van der Waals surface area contributed by atoms with Gasteiger partial charge >= 0.3 is 12.4 Å². The summed E-state index contributed by atoms with van der Waals surface area (Å²) in [5, 5.41) is 5.31. The Balaban J connectivity index is 1.89. The number of aliphatic imine (C=N–C) groups is 1. The van der Waals surface area contributed by atoms with Crippen molar-refractivity contribution in [1.82, 2.24) is 16.2 Å². The van der Waals surface area contributed by atoms with Crippen LogP contribution in [0.2, 0.25) is 5.02 Å². The second-order valence-electron chi connectivity index (χ2n) is 7.25. The van der Waals surface area contributed by atoms with Crippen LogP contribution in [0, 0.1) is 5.92 Å². The monoisotopic (exact) mass is 493 g/mol. The average Bonchev–Trinajstić information content (AvgIpc) is 3.08. The lowest BCUT2D eigenvalue weighted by Crippen LogP contribution is -2.43. The molecule has 2 aromatic carbocycles. The Morgan fingerprint density at radius 2 is 1.70 bits per heavy atom. The summed E-state index contributed by atoms with van der Waals surface area (Å²) >= 11 is 5.79. The Morgan fingerprint density at radius 1 is 1.03 bits per heavy atom. The summed E-state index contributed by atoms with van der Waals surface area (Å²) in [4.78, 5) is 16.7. The fourth-order valence-corrected chi connectivity index (χ4v) is 3.20. The highest BCUT2D eigenvalue weighted by molar-refractivity contribution is 6.30. The zero-order valence-electron chi connectivity index (χ0n) is 16.9. The largest absolute Gasteiger partial charge is 0.416 e. The Kier molecular flexibility index (Phi) is 7.20. The molecule has 3 atom stereocenters. The molecule has 1 saturated heterocycles. The predicted molar refractivity (Wildman–Crippen MR) is 110 cm³/mol. The second-order valence-corrected chi connectivity index (χ2v) is 7.69. The molecule has 0 radical (unpaired) electrons. The fourth-order valence-electron chi connectivity index (χ4n) is 3.08. The van der Waals surface area contributed by atoms with Gasteiger partial charge in [0.1, 0.15) is 12.2 Å². The number of hydrazine groups is 1. The number of hydrogen-bond donors (Lipinski definition) is 4. The van der Waals surface area contributed by atoms with Crippen LogP contribution >= 0.6 is 11.6 Å². The topological polar surface area (TPSA) is 77.5 Å². The first kappa shape index (κ1) is 24.8. The van der Waals surface area contributed by atoms with Crippen LogP contribution in [0.15, 0.2) is 53.5 Å². The highest BCUT2D eigenvalue weighted by Gasteiger charge is 2.49. The maximum absolute atomic E-state index is 13.1. The number of benzene rings is 2. The van der Waals surface area contributed by atoms with Crippen LogP contribution in [0.4, 0.5) is 32.0 Å². The molecule has 1 aliphatic heterocycles. The van der Waals surface area contributed by atoms with Gasteiger partial charge in [-0.15, -0.1) is 0 Å². The molecule has 0 aromatic heterocycles. The molecule has 2 aromatic rings. The highest BCUT2D eigenvalue weighted by Crippen LogP contribution is 2.32. The molecule has 4 N–H and O–H groups in total. The minimum Gasteiger partial charge on any atom is -0.326 e. The Bertz CT molecular complexity index is 1020. The Hall–Kier alpha value is -2.83. The van der Waals surface area contributed by atoms with Gasteiger partial charge in [-0.25, -0.2) is 15.8 Å². The number of alkyl halides is 6. The summed E-state index contributed by atoms with van der Waals surface area (Å²) < 4.78 is 78.5. The molecule has 0 bridgehead atoms. The number of nitrogens with zero attached hydrogens (tertiary/aromatic N) is 1.